The number of carbonyl (C=O) groups is 1. The minimum atomic E-state index is -0.0370. The molecule has 0 spiro atoms. The van der Waals surface area contributed by atoms with Crippen LogP contribution in [-0.4, -0.2) is 58.6 Å². The first-order valence-corrected chi connectivity index (χ1v) is 8.70. The number of rotatable bonds is 5. The first kappa shape index (κ1) is 16.3. The smallest absolute Gasteiger partial charge is 0.240 e. The highest BCUT2D eigenvalue weighted by atomic mass is 35.5. The summed E-state index contributed by atoms with van der Waals surface area (Å²) in [5.74, 6) is -0.0370. The van der Waals surface area contributed by atoms with Gasteiger partial charge in [-0.3, -0.25) is 19.9 Å². The molecule has 8 heteroatoms. The standard InChI is InChI=1S/C15H18ClN5OS/c16-13-3-1-2-12(8-13)9-20-4-6-21(7-5-20)10-14(22)18-15-19-17-11-23-15/h1-3,8,11H,4-7,9-10H2,(H,18,19,22). The Morgan fingerprint density at radius 1 is 1.26 bits per heavy atom. The molecular formula is C15H18ClN5OS. The molecular weight excluding hydrogens is 334 g/mol. The molecule has 0 saturated carbocycles. The van der Waals surface area contributed by atoms with Crippen molar-refractivity contribution in [3.8, 4) is 0 Å². The number of amides is 1. The Kier molecular flexibility index (Phi) is 5.56. The first-order chi connectivity index (χ1) is 11.2. The fourth-order valence-electron chi connectivity index (χ4n) is 2.59. The minimum absolute atomic E-state index is 0.0370. The molecule has 0 atom stereocenters. The van der Waals surface area contributed by atoms with Crippen molar-refractivity contribution in [3.05, 3.63) is 40.4 Å². The predicted molar refractivity (Wildman–Crippen MR) is 91.7 cm³/mol. The second-order valence-corrected chi connectivity index (χ2v) is 6.74. The average Bonchev–Trinajstić information content (AvgIpc) is 3.02. The van der Waals surface area contributed by atoms with E-state index in [1.54, 1.807) is 5.51 Å². The van der Waals surface area contributed by atoms with E-state index in [9.17, 15) is 4.79 Å². The largest absolute Gasteiger partial charge is 0.299 e. The van der Waals surface area contributed by atoms with Gasteiger partial charge in [-0.15, -0.1) is 10.2 Å². The lowest BCUT2D eigenvalue weighted by atomic mass is 10.2. The van der Waals surface area contributed by atoms with E-state index in [0.29, 0.717) is 11.7 Å². The zero-order valence-electron chi connectivity index (χ0n) is 12.6. The summed E-state index contributed by atoms with van der Waals surface area (Å²) in [5, 5.41) is 11.6. The molecule has 1 aliphatic heterocycles. The third-order valence-corrected chi connectivity index (χ3v) is 4.58. The summed E-state index contributed by atoms with van der Waals surface area (Å²) in [6.07, 6.45) is 0. The molecule has 1 fully saturated rings. The minimum Gasteiger partial charge on any atom is -0.299 e. The van der Waals surface area contributed by atoms with Crippen molar-refractivity contribution in [2.45, 2.75) is 6.54 Å². The van der Waals surface area contributed by atoms with E-state index in [0.717, 1.165) is 37.7 Å². The predicted octanol–water partition coefficient (Wildman–Crippen LogP) is 1.95. The average molecular weight is 352 g/mol. The molecule has 1 aromatic carbocycles. The summed E-state index contributed by atoms with van der Waals surface area (Å²) in [5.41, 5.74) is 2.82. The third-order valence-electron chi connectivity index (χ3n) is 3.73. The van der Waals surface area contributed by atoms with E-state index in [1.165, 1.54) is 16.9 Å². The van der Waals surface area contributed by atoms with Gasteiger partial charge in [0.05, 0.1) is 6.54 Å². The van der Waals surface area contributed by atoms with Crippen LogP contribution in [0, 0.1) is 0 Å². The zero-order chi connectivity index (χ0) is 16.1. The van der Waals surface area contributed by atoms with Gasteiger partial charge >= 0.3 is 0 Å². The number of nitrogens with zero attached hydrogens (tertiary/aromatic N) is 4. The fraction of sp³-hybridized carbons (Fsp3) is 0.400. The summed E-state index contributed by atoms with van der Waals surface area (Å²) < 4.78 is 0. The molecule has 1 aromatic heterocycles. The number of carbonyl (C=O) groups excluding carboxylic acids is 1. The lowest BCUT2D eigenvalue weighted by molar-refractivity contribution is -0.117. The maximum absolute atomic E-state index is 11.9. The Bertz CT molecular complexity index is 643. The van der Waals surface area contributed by atoms with Gasteiger partial charge < -0.3 is 0 Å². The number of piperazine rings is 1. The molecule has 1 aliphatic rings. The van der Waals surface area contributed by atoms with Gasteiger partial charge in [0, 0.05) is 37.7 Å². The van der Waals surface area contributed by atoms with E-state index in [2.05, 4.69) is 31.4 Å². The Morgan fingerprint density at radius 2 is 2.04 bits per heavy atom. The first-order valence-electron chi connectivity index (χ1n) is 7.44. The van der Waals surface area contributed by atoms with Gasteiger partial charge in [0.2, 0.25) is 11.0 Å². The van der Waals surface area contributed by atoms with Gasteiger partial charge in [0.15, 0.2) is 0 Å². The summed E-state index contributed by atoms with van der Waals surface area (Å²) in [4.78, 5) is 16.5. The maximum Gasteiger partial charge on any atom is 0.240 e. The number of aromatic nitrogens is 2. The van der Waals surface area contributed by atoms with E-state index < -0.39 is 0 Å². The quantitative estimate of drug-likeness (QED) is 0.892. The summed E-state index contributed by atoms with van der Waals surface area (Å²) in [6, 6.07) is 7.96. The summed E-state index contributed by atoms with van der Waals surface area (Å²) in [7, 11) is 0. The molecule has 0 radical (unpaired) electrons. The normalized spacial score (nSPS) is 16.4. The molecule has 0 aliphatic carbocycles. The van der Waals surface area contributed by atoms with Crippen molar-refractivity contribution in [3.63, 3.8) is 0 Å². The van der Waals surface area contributed by atoms with E-state index >= 15 is 0 Å². The van der Waals surface area contributed by atoms with Crippen LogP contribution >= 0.6 is 22.9 Å². The molecule has 1 N–H and O–H groups in total. The van der Waals surface area contributed by atoms with Crippen molar-refractivity contribution in [2.75, 3.05) is 38.0 Å². The summed E-state index contributed by atoms with van der Waals surface area (Å²) in [6.45, 7) is 4.93. The van der Waals surface area contributed by atoms with Gasteiger partial charge in [-0.25, -0.2) is 0 Å². The second-order valence-electron chi connectivity index (χ2n) is 5.47. The van der Waals surface area contributed by atoms with Gasteiger partial charge in [0.1, 0.15) is 5.51 Å². The van der Waals surface area contributed by atoms with Crippen LogP contribution in [0.25, 0.3) is 0 Å². The lowest BCUT2D eigenvalue weighted by Crippen LogP contribution is -2.48. The zero-order valence-corrected chi connectivity index (χ0v) is 14.2. The van der Waals surface area contributed by atoms with E-state index in [-0.39, 0.29) is 5.91 Å². The van der Waals surface area contributed by atoms with Crippen LogP contribution in [0.15, 0.2) is 29.8 Å². The van der Waals surface area contributed by atoms with Crippen molar-refractivity contribution in [1.82, 2.24) is 20.0 Å². The fourth-order valence-corrected chi connectivity index (χ4v) is 3.26. The maximum atomic E-state index is 11.9. The number of hydrogen-bond donors (Lipinski definition) is 1. The van der Waals surface area contributed by atoms with Gasteiger partial charge in [-0.2, -0.15) is 0 Å². The van der Waals surface area contributed by atoms with Crippen molar-refractivity contribution < 1.29 is 4.79 Å². The molecule has 23 heavy (non-hydrogen) atoms. The highest BCUT2D eigenvalue weighted by molar-refractivity contribution is 7.13. The lowest BCUT2D eigenvalue weighted by Gasteiger charge is -2.34. The number of halogens is 1. The molecule has 3 rings (SSSR count). The Hall–Kier alpha value is -1.54. The number of anilines is 1. The molecule has 0 unspecified atom stereocenters. The SMILES string of the molecule is O=C(CN1CCN(Cc2cccc(Cl)c2)CC1)Nc1nncs1. The van der Waals surface area contributed by atoms with Crippen molar-refractivity contribution >= 4 is 34.0 Å². The van der Waals surface area contributed by atoms with Crippen LogP contribution in [0.1, 0.15) is 5.56 Å². The Morgan fingerprint density at radius 3 is 2.74 bits per heavy atom. The van der Waals surface area contributed by atoms with E-state index in [4.69, 9.17) is 11.6 Å². The monoisotopic (exact) mass is 351 g/mol. The molecule has 122 valence electrons. The van der Waals surface area contributed by atoms with Crippen LogP contribution in [0.2, 0.25) is 5.02 Å². The Labute approximate surface area is 144 Å². The topological polar surface area (TPSA) is 61.4 Å². The number of nitrogens with one attached hydrogen (secondary N) is 1. The summed E-state index contributed by atoms with van der Waals surface area (Å²) >= 11 is 7.35. The van der Waals surface area contributed by atoms with Crippen LogP contribution in [-0.2, 0) is 11.3 Å². The molecule has 2 aromatic rings. The Balaban J connectivity index is 1.42. The van der Waals surface area contributed by atoms with Crippen molar-refractivity contribution in [2.24, 2.45) is 0 Å². The highest BCUT2D eigenvalue weighted by Gasteiger charge is 2.19. The second kappa shape index (κ2) is 7.83. The highest BCUT2D eigenvalue weighted by Crippen LogP contribution is 2.14. The van der Waals surface area contributed by atoms with Crippen LogP contribution in [0.3, 0.4) is 0 Å². The third kappa shape index (κ3) is 4.97. The number of benzene rings is 1. The molecule has 0 bridgehead atoms. The molecule has 6 nitrogen and oxygen atoms in total. The van der Waals surface area contributed by atoms with Crippen LogP contribution in [0.5, 0.6) is 0 Å². The number of hydrogen-bond acceptors (Lipinski definition) is 6. The van der Waals surface area contributed by atoms with Gasteiger partial charge in [-0.1, -0.05) is 35.1 Å². The van der Waals surface area contributed by atoms with Gasteiger partial charge in [-0.05, 0) is 17.7 Å². The van der Waals surface area contributed by atoms with Crippen LogP contribution < -0.4 is 5.32 Å². The van der Waals surface area contributed by atoms with E-state index in [1.807, 2.05) is 18.2 Å². The van der Waals surface area contributed by atoms with Gasteiger partial charge in [0.25, 0.3) is 0 Å². The van der Waals surface area contributed by atoms with Crippen molar-refractivity contribution in [1.29, 1.82) is 0 Å². The molecule has 1 amide bonds. The molecule has 2 heterocycles. The molecule has 1 saturated heterocycles. The van der Waals surface area contributed by atoms with Crippen LogP contribution in [0.4, 0.5) is 5.13 Å².